The number of benzene rings is 1. The van der Waals surface area contributed by atoms with Gasteiger partial charge in [-0.3, -0.25) is 0 Å². The van der Waals surface area contributed by atoms with Gasteiger partial charge in [0.25, 0.3) is 0 Å². The summed E-state index contributed by atoms with van der Waals surface area (Å²) < 4.78 is 13.1. The van der Waals surface area contributed by atoms with E-state index in [1.165, 1.54) is 6.07 Å². The fourth-order valence-corrected chi connectivity index (χ4v) is 2.25. The third kappa shape index (κ3) is 2.51. The summed E-state index contributed by atoms with van der Waals surface area (Å²) >= 11 is 5.74. The van der Waals surface area contributed by atoms with Crippen molar-refractivity contribution in [1.29, 1.82) is 5.26 Å². The summed E-state index contributed by atoms with van der Waals surface area (Å²) in [5.74, 6) is -0.438. The molecule has 0 radical (unpaired) electrons. The Bertz CT molecular complexity index is 471. The average Bonchev–Trinajstić information content (AvgIpc) is 2.33. The van der Waals surface area contributed by atoms with E-state index in [0.29, 0.717) is 13.0 Å². The highest BCUT2D eigenvalue weighted by Gasteiger charge is 2.31. The van der Waals surface area contributed by atoms with Crippen LogP contribution in [0.1, 0.15) is 12.8 Å². The molecule has 1 atom stereocenters. The smallest absolute Gasteiger partial charge is 0.141 e. The maximum absolute atomic E-state index is 13.1. The van der Waals surface area contributed by atoms with E-state index in [1.807, 2.05) is 4.90 Å². The molecule has 1 unspecified atom stereocenters. The number of hydrogen-bond donors (Lipinski definition) is 1. The van der Waals surface area contributed by atoms with Crippen molar-refractivity contribution in [2.75, 3.05) is 18.0 Å². The Morgan fingerprint density at radius 1 is 1.53 bits per heavy atom. The summed E-state index contributed by atoms with van der Waals surface area (Å²) in [7, 11) is 0. The van der Waals surface area contributed by atoms with Crippen molar-refractivity contribution in [2.45, 2.75) is 18.4 Å². The molecule has 0 amide bonds. The predicted octanol–water partition coefficient (Wildman–Crippen LogP) is 2.30. The van der Waals surface area contributed by atoms with E-state index >= 15 is 0 Å². The topological polar surface area (TPSA) is 53.1 Å². The highest BCUT2D eigenvalue weighted by Crippen LogP contribution is 2.27. The molecule has 2 rings (SSSR count). The first-order valence-corrected chi connectivity index (χ1v) is 5.82. The molecule has 0 bridgehead atoms. The maximum Gasteiger partial charge on any atom is 0.141 e. The van der Waals surface area contributed by atoms with Crippen LogP contribution in [0.25, 0.3) is 0 Å². The molecule has 1 aliphatic rings. The first kappa shape index (κ1) is 12.2. The van der Waals surface area contributed by atoms with Crippen LogP contribution in [-0.2, 0) is 0 Å². The van der Waals surface area contributed by atoms with Crippen molar-refractivity contribution in [1.82, 2.24) is 0 Å². The molecule has 90 valence electrons. The number of halogens is 2. The van der Waals surface area contributed by atoms with E-state index in [2.05, 4.69) is 6.07 Å². The van der Waals surface area contributed by atoms with Crippen LogP contribution >= 0.6 is 11.6 Å². The molecule has 1 aliphatic heterocycles. The fourth-order valence-electron chi connectivity index (χ4n) is 2.08. The average molecular weight is 254 g/mol. The Hall–Kier alpha value is -1.31. The van der Waals surface area contributed by atoms with Gasteiger partial charge in [-0.05, 0) is 31.0 Å². The van der Waals surface area contributed by atoms with E-state index < -0.39 is 11.4 Å². The summed E-state index contributed by atoms with van der Waals surface area (Å²) in [6, 6.07) is 6.69. The van der Waals surface area contributed by atoms with Crippen LogP contribution in [0.2, 0.25) is 5.02 Å². The molecule has 0 aliphatic carbocycles. The molecule has 1 aromatic carbocycles. The standard InChI is InChI=1S/C12H13ClFN3/c13-10-6-9(2-3-11(10)14)17-5-1-4-12(16,7-15)8-17/h2-3,6H,1,4-5,8,16H2. The van der Waals surface area contributed by atoms with Gasteiger partial charge in [-0.2, -0.15) is 5.26 Å². The molecule has 5 heteroatoms. The quantitative estimate of drug-likeness (QED) is 0.836. The minimum atomic E-state index is -0.820. The zero-order valence-electron chi connectivity index (χ0n) is 9.29. The van der Waals surface area contributed by atoms with Crippen LogP contribution in [0.15, 0.2) is 18.2 Å². The monoisotopic (exact) mass is 253 g/mol. The van der Waals surface area contributed by atoms with Crippen LogP contribution in [-0.4, -0.2) is 18.6 Å². The van der Waals surface area contributed by atoms with Gasteiger partial charge in [-0.1, -0.05) is 11.6 Å². The van der Waals surface area contributed by atoms with Crippen LogP contribution in [0.4, 0.5) is 10.1 Å². The maximum atomic E-state index is 13.1. The lowest BCUT2D eigenvalue weighted by Gasteiger charge is -2.37. The van der Waals surface area contributed by atoms with Gasteiger partial charge in [0, 0.05) is 18.8 Å². The zero-order chi connectivity index (χ0) is 12.5. The third-order valence-corrected chi connectivity index (χ3v) is 3.30. The minimum Gasteiger partial charge on any atom is -0.369 e. The second kappa shape index (κ2) is 4.52. The highest BCUT2D eigenvalue weighted by atomic mass is 35.5. The third-order valence-electron chi connectivity index (χ3n) is 3.01. The Labute approximate surface area is 105 Å². The van der Waals surface area contributed by atoms with E-state index in [-0.39, 0.29) is 5.02 Å². The van der Waals surface area contributed by atoms with Crippen molar-refractivity contribution < 1.29 is 4.39 Å². The Balaban J connectivity index is 2.23. The van der Waals surface area contributed by atoms with E-state index in [9.17, 15) is 4.39 Å². The van der Waals surface area contributed by atoms with Crippen LogP contribution < -0.4 is 10.6 Å². The largest absolute Gasteiger partial charge is 0.369 e. The Morgan fingerprint density at radius 3 is 2.94 bits per heavy atom. The lowest BCUT2D eigenvalue weighted by atomic mass is 9.91. The zero-order valence-corrected chi connectivity index (χ0v) is 10.0. The van der Waals surface area contributed by atoms with Crippen molar-refractivity contribution in [3.05, 3.63) is 29.0 Å². The van der Waals surface area contributed by atoms with Crippen molar-refractivity contribution >= 4 is 17.3 Å². The fraction of sp³-hybridized carbons (Fsp3) is 0.417. The number of anilines is 1. The molecular formula is C12H13ClFN3. The van der Waals surface area contributed by atoms with Gasteiger partial charge >= 0.3 is 0 Å². The van der Waals surface area contributed by atoms with Gasteiger partial charge in [-0.25, -0.2) is 4.39 Å². The number of piperidine rings is 1. The summed E-state index contributed by atoms with van der Waals surface area (Å²) in [6.45, 7) is 1.26. The second-order valence-corrected chi connectivity index (χ2v) is 4.80. The lowest BCUT2D eigenvalue weighted by molar-refractivity contribution is 0.424. The van der Waals surface area contributed by atoms with Gasteiger partial charge in [0.05, 0.1) is 11.1 Å². The predicted molar refractivity (Wildman–Crippen MR) is 65.4 cm³/mol. The second-order valence-electron chi connectivity index (χ2n) is 4.39. The number of nitrogens with zero attached hydrogens (tertiary/aromatic N) is 2. The molecular weight excluding hydrogens is 241 g/mol. The molecule has 0 aromatic heterocycles. The molecule has 1 saturated heterocycles. The molecule has 3 nitrogen and oxygen atoms in total. The number of hydrogen-bond acceptors (Lipinski definition) is 3. The van der Waals surface area contributed by atoms with Crippen molar-refractivity contribution in [2.24, 2.45) is 5.73 Å². The van der Waals surface area contributed by atoms with Crippen molar-refractivity contribution in [3.63, 3.8) is 0 Å². The van der Waals surface area contributed by atoms with Gasteiger partial charge in [0.1, 0.15) is 11.4 Å². The number of rotatable bonds is 1. The Kier molecular flexibility index (Phi) is 3.23. The summed E-state index contributed by atoms with van der Waals surface area (Å²) in [6.07, 6.45) is 1.54. The number of nitrogens with two attached hydrogens (primary N) is 1. The lowest BCUT2D eigenvalue weighted by Crippen LogP contribution is -2.53. The molecule has 1 heterocycles. The van der Waals surface area contributed by atoms with Gasteiger partial charge in [0.2, 0.25) is 0 Å². The molecule has 1 fully saturated rings. The first-order valence-electron chi connectivity index (χ1n) is 5.44. The number of nitriles is 1. The summed E-state index contributed by atoms with van der Waals surface area (Å²) in [4.78, 5) is 1.97. The van der Waals surface area contributed by atoms with Crippen LogP contribution in [0, 0.1) is 17.1 Å². The van der Waals surface area contributed by atoms with Gasteiger partial charge in [-0.15, -0.1) is 0 Å². The summed E-state index contributed by atoms with van der Waals surface area (Å²) in [5, 5.41) is 9.12. The van der Waals surface area contributed by atoms with Crippen molar-refractivity contribution in [3.8, 4) is 6.07 Å². The van der Waals surface area contributed by atoms with E-state index in [4.69, 9.17) is 22.6 Å². The molecule has 1 aromatic rings. The molecule has 0 spiro atoms. The first-order chi connectivity index (χ1) is 8.04. The van der Waals surface area contributed by atoms with Crippen LogP contribution in [0.3, 0.4) is 0 Å². The molecule has 2 N–H and O–H groups in total. The highest BCUT2D eigenvalue weighted by molar-refractivity contribution is 6.31. The molecule has 17 heavy (non-hydrogen) atoms. The van der Waals surface area contributed by atoms with Gasteiger partial charge < -0.3 is 10.6 Å². The van der Waals surface area contributed by atoms with Gasteiger partial charge in [0.15, 0.2) is 0 Å². The minimum absolute atomic E-state index is 0.0904. The SMILES string of the molecule is N#CC1(N)CCCN(c2ccc(F)c(Cl)c2)C1. The Morgan fingerprint density at radius 2 is 2.29 bits per heavy atom. The van der Waals surface area contributed by atoms with Crippen LogP contribution in [0.5, 0.6) is 0 Å². The van der Waals surface area contributed by atoms with E-state index in [0.717, 1.165) is 18.7 Å². The normalized spacial score (nSPS) is 24.5. The molecule has 0 saturated carbocycles. The summed E-state index contributed by atoms with van der Waals surface area (Å²) in [5.41, 5.74) is 5.93. The van der Waals surface area contributed by atoms with E-state index in [1.54, 1.807) is 12.1 Å².